The van der Waals surface area contributed by atoms with Gasteiger partial charge in [0, 0.05) is 7.05 Å². The Morgan fingerprint density at radius 2 is 1.79 bits per heavy atom. The summed E-state index contributed by atoms with van der Waals surface area (Å²) in [6, 6.07) is 2.89. The van der Waals surface area contributed by atoms with E-state index in [4.69, 9.17) is 9.47 Å². The fourth-order valence-corrected chi connectivity index (χ4v) is 2.96. The lowest BCUT2D eigenvalue weighted by atomic mass is 10.3. The molecule has 0 aliphatic carbocycles. The van der Waals surface area contributed by atoms with Gasteiger partial charge in [-0.1, -0.05) is 6.07 Å². The summed E-state index contributed by atoms with van der Waals surface area (Å²) < 4.78 is 62.2. The van der Waals surface area contributed by atoms with Crippen LogP contribution in [-0.2, 0) is 19.5 Å². The van der Waals surface area contributed by atoms with Crippen LogP contribution in [0.25, 0.3) is 0 Å². The van der Waals surface area contributed by atoms with E-state index in [9.17, 15) is 17.2 Å². The van der Waals surface area contributed by atoms with Crippen molar-refractivity contribution in [3.05, 3.63) is 29.8 Å². The van der Waals surface area contributed by atoms with Crippen molar-refractivity contribution in [3.63, 3.8) is 0 Å². The van der Waals surface area contributed by atoms with Gasteiger partial charge < -0.3 is 9.47 Å². The Kier molecular flexibility index (Phi) is 4.14. The number of nitrogens with zero attached hydrogens (tertiary/aromatic N) is 1. The van der Waals surface area contributed by atoms with E-state index in [0.29, 0.717) is 13.2 Å². The summed E-state index contributed by atoms with van der Waals surface area (Å²) in [6.07, 6.45) is -0.713. The second-order valence-electron chi connectivity index (χ2n) is 4.01. The number of rotatable bonds is 4. The van der Waals surface area contributed by atoms with Crippen LogP contribution in [0.15, 0.2) is 23.1 Å². The SMILES string of the molecule is CN(CC1OCCO1)S(=O)(=O)c1c(F)cccc1F. The van der Waals surface area contributed by atoms with Crippen molar-refractivity contribution in [2.45, 2.75) is 11.2 Å². The molecular formula is C11H13F2NO4S. The van der Waals surface area contributed by atoms with Gasteiger partial charge in [0.2, 0.25) is 10.0 Å². The molecule has 0 bridgehead atoms. The van der Waals surface area contributed by atoms with E-state index in [1.807, 2.05) is 0 Å². The van der Waals surface area contributed by atoms with E-state index in [2.05, 4.69) is 0 Å². The predicted octanol–water partition coefficient (Wildman–Crippen LogP) is 0.958. The number of benzene rings is 1. The fraction of sp³-hybridized carbons (Fsp3) is 0.455. The van der Waals surface area contributed by atoms with Crippen LogP contribution in [0.2, 0.25) is 0 Å². The second kappa shape index (κ2) is 5.49. The van der Waals surface area contributed by atoms with Gasteiger partial charge in [0.25, 0.3) is 0 Å². The van der Waals surface area contributed by atoms with E-state index in [0.717, 1.165) is 22.5 Å². The minimum atomic E-state index is -4.26. The van der Waals surface area contributed by atoms with Crippen LogP contribution < -0.4 is 0 Å². The Balaban J connectivity index is 2.26. The summed E-state index contributed by atoms with van der Waals surface area (Å²) in [5, 5.41) is 0. The first-order valence-electron chi connectivity index (χ1n) is 5.56. The van der Waals surface area contributed by atoms with Crippen molar-refractivity contribution in [1.29, 1.82) is 0 Å². The first-order chi connectivity index (χ1) is 8.93. The number of halogens is 2. The van der Waals surface area contributed by atoms with Gasteiger partial charge in [0.15, 0.2) is 11.2 Å². The third-order valence-electron chi connectivity index (χ3n) is 2.68. The lowest BCUT2D eigenvalue weighted by Crippen LogP contribution is -2.35. The van der Waals surface area contributed by atoms with E-state index >= 15 is 0 Å². The number of likely N-dealkylation sites (N-methyl/N-ethyl adjacent to an activating group) is 1. The van der Waals surface area contributed by atoms with Crippen molar-refractivity contribution in [2.75, 3.05) is 26.8 Å². The monoisotopic (exact) mass is 293 g/mol. The maximum Gasteiger partial charge on any atom is 0.248 e. The molecule has 1 aliphatic heterocycles. The first-order valence-corrected chi connectivity index (χ1v) is 7.00. The molecule has 0 atom stereocenters. The van der Waals surface area contributed by atoms with Crippen LogP contribution >= 0.6 is 0 Å². The molecule has 19 heavy (non-hydrogen) atoms. The summed E-state index contributed by atoms with van der Waals surface area (Å²) in [5.74, 6) is -2.25. The van der Waals surface area contributed by atoms with Crippen molar-refractivity contribution >= 4 is 10.0 Å². The third-order valence-corrected chi connectivity index (χ3v) is 4.56. The van der Waals surface area contributed by atoms with Gasteiger partial charge >= 0.3 is 0 Å². The van der Waals surface area contributed by atoms with E-state index in [1.165, 1.54) is 7.05 Å². The lowest BCUT2D eigenvalue weighted by Gasteiger charge is -2.20. The van der Waals surface area contributed by atoms with Crippen LogP contribution in [0.5, 0.6) is 0 Å². The minimum Gasteiger partial charge on any atom is -0.349 e. The highest BCUT2D eigenvalue weighted by molar-refractivity contribution is 7.89. The van der Waals surface area contributed by atoms with Crippen LogP contribution in [-0.4, -0.2) is 45.8 Å². The van der Waals surface area contributed by atoms with Gasteiger partial charge in [-0.3, -0.25) is 0 Å². The van der Waals surface area contributed by atoms with Crippen LogP contribution in [0.4, 0.5) is 8.78 Å². The van der Waals surface area contributed by atoms with Crippen LogP contribution in [0.3, 0.4) is 0 Å². The normalized spacial score (nSPS) is 17.3. The summed E-state index contributed by atoms with van der Waals surface area (Å²) in [6.45, 7) is 0.606. The predicted molar refractivity (Wildman–Crippen MR) is 61.9 cm³/mol. The van der Waals surface area contributed by atoms with Crippen molar-refractivity contribution in [1.82, 2.24) is 4.31 Å². The largest absolute Gasteiger partial charge is 0.349 e. The highest BCUT2D eigenvalue weighted by atomic mass is 32.2. The summed E-state index contributed by atoms with van der Waals surface area (Å²) in [5.41, 5.74) is 0. The zero-order valence-electron chi connectivity index (χ0n) is 10.2. The van der Waals surface area contributed by atoms with Gasteiger partial charge in [-0.2, -0.15) is 4.31 Å². The molecule has 0 spiro atoms. The van der Waals surface area contributed by atoms with Gasteiger partial charge in [-0.15, -0.1) is 0 Å². The van der Waals surface area contributed by atoms with E-state index in [-0.39, 0.29) is 6.54 Å². The van der Waals surface area contributed by atoms with Crippen molar-refractivity contribution in [3.8, 4) is 0 Å². The smallest absolute Gasteiger partial charge is 0.248 e. The zero-order valence-corrected chi connectivity index (χ0v) is 11.0. The molecule has 1 fully saturated rings. The zero-order chi connectivity index (χ0) is 14.0. The molecular weight excluding hydrogens is 280 g/mol. The molecule has 1 heterocycles. The van der Waals surface area contributed by atoms with Gasteiger partial charge in [0.05, 0.1) is 19.8 Å². The number of hydrogen-bond acceptors (Lipinski definition) is 4. The molecule has 1 aromatic rings. The number of sulfonamides is 1. The molecule has 0 aromatic heterocycles. The Labute approximate surface area is 109 Å². The quantitative estimate of drug-likeness (QED) is 0.829. The molecule has 106 valence electrons. The Bertz CT molecular complexity index is 538. The van der Waals surface area contributed by atoms with Crippen molar-refractivity contribution < 1.29 is 26.7 Å². The molecule has 2 rings (SSSR count). The molecule has 0 amide bonds. The molecule has 1 aliphatic rings. The minimum absolute atomic E-state index is 0.129. The maximum absolute atomic E-state index is 13.5. The lowest BCUT2D eigenvalue weighted by molar-refractivity contribution is -0.0482. The second-order valence-corrected chi connectivity index (χ2v) is 5.99. The standard InChI is InChI=1S/C11H13F2NO4S/c1-14(7-10-17-5-6-18-10)19(15,16)11-8(12)3-2-4-9(11)13/h2-4,10H,5-7H2,1H3. The highest BCUT2D eigenvalue weighted by Gasteiger charge is 2.31. The summed E-state index contributed by atoms with van der Waals surface area (Å²) >= 11 is 0. The number of hydrogen-bond donors (Lipinski definition) is 0. The summed E-state index contributed by atoms with van der Waals surface area (Å²) in [4.78, 5) is -0.963. The van der Waals surface area contributed by atoms with Gasteiger partial charge in [-0.05, 0) is 12.1 Å². The van der Waals surface area contributed by atoms with Crippen LogP contribution in [0.1, 0.15) is 0 Å². The molecule has 0 N–H and O–H groups in total. The Morgan fingerprint density at radius 1 is 1.26 bits per heavy atom. The molecule has 1 aromatic carbocycles. The highest BCUT2D eigenvalue weighted by Crippen LogP contribution is 2.22. The molecule has 5 nitrogen and oxygen atoms in total. The molecule has 0 radical (unpaired) electrons. The first kappa shape index (κ1) is 14.3. The van der Waals surface area contributed by atoms with Crippen molar-refractivity contribution in [2.24, 2.45) is 0 Å². The molecule has 0 unspecified atom stereocenters. The summed E-state index contributed by atoms with van der Waals surface area (Å²) in [7, 11) is -3.05. The molecule has 0 saturated carbocycles. The van der Waals surface area contributed by atoms with E-state index in [1.54, 1.807) is 0 Å². The molecule has 8 heteroatoms. The van der Waals surface area contributed by atoms with Gasteiger partial charge in [-0.25, -0.2) is 17.2 Å². The number of ether oxygens (including phenoxy) is 2. The maximum atomic E-state index is 13.5. The van der Waals surface area contributed by atoms with Crippen LogP contribution in [0, 0.1) is 11.6 Å². The Morgan fingerprint density at radius 3 is 2.32 bits per heavy atom. The average molecular weight is 293 g/mol. The molecule has 1 saturated heterocycles. The Hall–Kier alpha value is -1.09. The third kappa shape index (κ3) is 2.92. The average Bonchev–Trinajstić information content (AvgIpc) is 2.81. The fourth-order valence-electron chi connectivity index (χ4n) is 1.71. The van der Waals surface area contributed by atoms with Gasteiger partial charge in [0.1, 0.15) is 11.6 Å². The topological polar surface area (TPSA) is 55.8 Å². The van der Waals surface area contributed by atoms with E-state index < -0.39 is 32.8 Å².